The molecule has 0 saturated carbocycles. The van der Waals surface area contributed by atoms with Gasteiger partial charge in [0.15, 0.2) is 5.17 Å². The summed E-state index contributed by atoms with van der Waals surface area (Å²) >= 11 is 4.93. The van der Waals surface area contributed by atoms with Crippen LogP contribution in [-0.2, 0) is 4.79 Å². The van der Waals surface area contributed by atoms with Crippen LogP contribution in [0, 0.1) is 13.8 Å². The molecule has 1 aliphatic heterocycles. The molecule has 0 saturated heterocycles. The van der Waals surface area contributed by atoms with E-state index < -0.39 is 0 Å². The number of nitrogens with zero attached hydrogens (tertiary/aromatic N) is 2. The fourth-order valence-electron chi connectivity index (χ4n) is 3.58. The standard InChI is InChI=1S/C27H25BrN2O3S/c1-18-14-19(2)16-22(15-18)30-26(31)25(17-20-4-8-23(32-3)9-5-20)29-27(30)34-13-12-33-24-10-6-21(28)7-11-24/h4-11,14-17H,12-13H2,1-3H3/b25-17-. The molecule has 0 spiro atoms. The van der Waals surface area contributed by atoms with E-state index in [1.54, 1.807) is 12.0 Å². The first kappa shape index (κ1) is 24.1. The van der Waals surface area contributed by atoms with E-state index in [4.69, 9.17) is 14.5 Å². The van der Waals surface area contributed by atoms with Gasteiger partial charge in [-0.25, -0.2) is 4.99 Å². The summed E-state index contributed by atoms with van der Waals surface area (Å²) in [6, 6.07) is 21.4. The molecular formula is C27H25BrN2O3S. The molecule has 0 fully saturated rings. The largest absolute Gasteiger partial charge is 0.497 e. The molecule has 0 bridgehead atoms. The summed E-state index contributed by atoms with van der Waals surface area (Å²) in [7, 11) is 1.63. The first-order chi connectivity index (χ1) is 16.4. The number of amides is 1. The summed E-state index contributed by atoms with van der Waals surface area (Å²) in [6.07, 6.45) is 1.81. The third-order valence-corrected chi connectivity index (χ3v) is 6.54. The lowest BCUT2D eigenvalue weighted by Gasteiger charge is -2.19. The summed E-state index contributed by atoms with van der Waals surface area (Å²) in [5.41, 5.74) is 4.30. The van der Waals surface area contributed by atoms with Crippen LogP contribution in [0.25, 0.3) is 6.08 Å². The summed E-state index contributed by atoms with van der Waals surface area (Å²) in [5, 5.41) is 0.647. The SMILES string of the molecule is COc1ccc(/C=C2\N=C(SCCOc3ccc(Br)cc3)N(c3cc(C)cc(C)c3)C2=O)cc1. The fraction of sp³-hybridized carbons (Fsp3) is 0.185. The average molecular weight is 537 g/mol. The van der Waals surface area contributed by atoms with Crippen LogP contribution in [0.3, 0.4) is 0 Å². The van der Waals surface area contributed by atoms with E-state index >= 15 is 0 Å². The van der Waals surface area contributed by atoms with Crippen LogP contribution in [0.1, 0.15) is 16.7 Å². The quantitative estimate of drug-likeness (QED) is 0.251. The number of hydrogen-bond acceptors (Lipinski definition) is 5. The number of rotatable bonds is 7. The highest BCUT2D eigenvalue weighted by atomic mass is 79.9. The van der Waals surface area contributed by atoms with Gasteiger partial charge in [0.05, 0.1) is 19.4 Å². The van der Waals surface area contributed by atoms with Crippen molar-refractivity contribution in [1.82, 2.24) is 0 Å². The third kappa shape index (κ3) is 5.90. The van der Waals surface area contributed by atoms with Crippen LogP contribution in [0.5, 0.6) is 11.5 Å². The molecule has 0 aliphatic carbocycles. The fourth-order valence-corrected chi connectivity index (χ4v) is 4.68. The zero-order valence-electron chi connectivity index (χ0n) is 19.2. The van der Waals surface area contributed by atoms with Crippen molar-refractivity contribution in [2.75, 3.05) is 24.4 Å². The van der Waals surface area contributed by atoms with Gasteiger partial charge in [-0.05, 0) is 85.1 Å². The Bertz CT molecular complexity index is 1220. The van der Waals surface area contributed by atoms with Crippen LogP contribution in [0.4, 0.5) is 5.69 Å². The molecule has 7 heteroatoms. The molecule has 0 unspecified atom stereocenters. The van der Waals surface area contributed by atoms with Crippen LogP contribution in [0.2, 0.25) is 0 Å². The van der Waals surface area contributed by atoms with E-state index in [1.165, 1.54) is 11.8 Å². The number of thioether (sulfide) groups is 1. The lowest BCUT2D eigenvalue weighted by molar-refractivity contribution is -0.113. The number of benzene rings is 3. The normalized spacial score (nSPS) is 14.5. The van der Waals surface area contributed by atoms with Crippen LogP contribution >= 0.6 is 27.7 Å². The van der Waals surface area contributed by atoms with Gasteiger partial charge in [0, 0.05) is 10.2 Å². The summed E-state index contributed by atoms with van der Waals surface area (Å²) in [5.74, 6) is 2.08. The highest BCUT2D eigenvalue weighted by molar-refractivity contribution is 9.10. The number of halogens is 1. The van der Waals surface area contributed by atoms with E-state index in [1.807, 2.05) is 80.6 Å². The number of methoxy groups -OCH3 is 1. The van der Waals surface area contributed by atoms with Gasteiger partial charge in [-0.1, -0.05) is 45.9 Å². The number of aryl methyl sites for hydroxylation is 2. The molecule has 3 aromatic rings. The Morgan fingerprint density at radius 3 is 2.26 bits per heavy atom. The Morgan fingerprint density at radius 1 is 0.971 bits per heavy atom. The van der Waals surface area contributed by atoms with Crippen molar-refractivity contribution in [2.45, 2.75) is 13.8 Å². The molecular weight excluding hydrogens is 512 g/mol. The van der Waals surface area contributed by atoms with Crippen molar-refractivity contribution in [1.29, 1.82) is 0 Å². The van der Waals surface area contributed by atoms with Gasteiger partial charge in [-0.15, -0.1) is 0 Å². The topological polar surface area (TPSA) is 51.1 Å². The molecule has 34 heavy (non-hydrogen) atoms. The summed E-state index contributed by atoms with van der Waals surface area (Å²) < 4.78 is 12.1. The lowest BCUT2D eigenvalue weighted by Crippen LogP contribution is -2.30. The Hall–Kier alpha value is -3.03. The number of hydrogen-bond donors (Lipinski definition) is 0. The molecule has 1 amide bonds. The van der Waals surface area contributed by atoms with Gasteiger partial charge in [0.2, 0.25) is 0 Å². The van der Waals surface area contributed by atoms with Crippen molar-refractivity contribution in [3.05, 3.63) is 93.6 Å². The predicted octanol–water partition coefficient (Wildman–Crippen LogP) is 6.63. The Morgan fingerprint density at radius 2 is 1.62 bits per heavy atom. The lowest BCUT2D eigenvalue weighted by atomic mass is 10.1. The number of amidine groups is 1. The minimum absolute atomic E-state index is 0.142. The highest BCUT2D eigenvalue weighted by Gasteiger charge is 2.32. The zero-order valence-corrected chi connectivity index (χ0v) is 21.7. The second-order valence-corrected chi connectivity index (χ2v) is 9.81. The maximum atomic E-state index is 13.4. The van der Waals surface area contributed by atoms with Gasteiger partial charge in [-0.2, -0.15) is 0 Å². The van der Waals surface area contributed by atoms with Crippen molar-refractivity contribution in [3.63, 3.8) is 0 Å². The molecule has 5 nitrogen and oxygen atoms in total. The molecule has 3 aromatic carbocycles. The van der Waals surface area contributed by atoms with Crippen molar-refractivity contribution >= 4 is 50.5 Å². The monoisotopic (exact) mass is 536 g/mol. The van der Waals surface area contributed by atoms with Gasteiger partial charge >= 0.3 is 0 Å². The predicted molar refractivity (Wildman–Crippen MR) is 144 cm³/mol. The Balaban J connectivity index is 1.55. The number of carbonyl (C=O) groups is 1. The van der Waals surface area contributed by atoms with Crippen LogP contribution in [0.15, 0.2) is 81.9 Å². The van der Waals surface area contributed by atoms with Crippen LogP contribution < -0.4 is 14.4 Å². The van der Waals surface area contributed by atoms with E-state index in [-0.39, 0.29) is 5.91 Å². The van der Waals surface area contributed by atoms with Gasteiger partial charge in [0.1, 0.15) is 17.2 Å². The second-order valence-electron chi connectivity index (χ2n) is 7.83. The first-order valence-electron chi connectivity index (χ1n) is 10.8. The van der Waals surface area contributed by atoms with Crippen molar-refractivity contribution < 1.29 is 14.3 Å². The number of carbonyl (C=O) groups excluding carboxylic acids is 1. The Labute approximate surface area is 212 Å². The third-order valence-electron chi connectivity index (χ3n) is 5.11. The smallest absolute Gasteiger partial charge is 0.283 e. The number of anilines is 1. The molecule has 0 N–H and O–H groups in total. The van der Waals surface area contributed by atoms with Gasteiger partial charge in [0.25, 0.3) is 5.91 Å². The molecule has 0 aromatic heterocycles. The van der Waals surface area contributed by atoms with E-state index in [0.29, 0.717) is 23.2 Å². The van der Waals surface area contributed by atoms with Crippen molar-refractivity contribution in [2.24, 2.45) is 4.99 Å². The minimum atomic E-state index is -0.142. The summed E-state index contributed by atoms with van der Waals surface area (Å²) in [4.78, 5) is 19.8. The maximum absolute atomic E-state index is 13.4. The number of ether oxygens (including phenoxy) is 2. The van der Waals surface area contributed by atoms with Gasteiger partial charge < -0.3 is 9.47 Å². The Kier molecular flexibility index (Phi) is 7.75. The average Bonchev–Trinajstić information content (AvgIpc) is 3.12. The molecule has 1 heterocycles. The van der Waals surface area contributed by atoms with E-state index in [9.17, 15) is 4.79 Å². The van der Waals surface area contributed by atoms with Crippen LogP contribution in [-0.4, -0.2) is 30.5 Å². The minimum Gasteiger partial charge on any atom is -0.497 e. The van der Waals surface area contributed by atoms with Gasteiger partial charge in [-0.3, -0.25) is 9.69 Å². The highest BCUT2D eigenvalue weighted by Crippen LogP contribution is 2.31. The zero-order chi connectivity index (χ0) is 24.1. The molecule has 0 atom stereocenters. The molecule has 4 rings (SSSR count). The maximum Gasteiger partial charge on any atom is 0.283 e. The molecule has 174 valence electrons. The molecule has 1 aliphatic rings. The van der Waals surface area contributed by atoms with E-state index in [0.717, 1.165) is 38.3 Å². The van der Waals surface area contributed by atoms with Crippen molar-refractivity contribution in [3.8, 4) is 11.5 Å². The molecule has 0 radical (unpaired) electrons. The first-order valence-corrected chi connectivity index (χ1v) is 12.6. The number of aliphatic imine (C=N–C) groups is 1. The summed E-state index contributed by atoms with van der Waals surface area (Å²) in [6.45, 7) is 4.56. The van der Waals surface area contributed by atoms with E-state index in [2.05, 4.69) is 22.0 Å². The second kappa shape index (κ2) is 10.9.